The zero-order valence-corrected chi connectivity index (χ0v) is 16.2. The second kappa shape index (κ2) is 9.26. The van der Waals surface area contributed by atoms with Crippen molar-refractivity contribution in [1.29, 1.82) is 0 Å². The van der Waals surface area contributed by atoms with Crippen molar-refractivity contribution in [3.05, 3.63) is 53.6 Å². The molecule has 0 saturated carbocycles. The predicted molar refractivity (Wildman–Crippen MR) is 109 cm³/mol. The Balaban J connectivity index is 0.00000225. The van der Waals surface area contributed by atoms with Crippen LogP contribution in [0.2, 0.25) is 0 Å². The van der Waals surface area contributed by atoms with Gasteiger partial charge in [-0.2, -0.15) is 0 Å². The van der Waals surface area contributed by atoms with Crippen LogP contribution in [0.15, 0.2) is 42.5 Å². The third-order valence-corrected chi connectivity index (χ3v) is 5.45. The lowest BCUT2D eigenvalue weighted by Crippen LogP contribution is -2.36. The van der Waals surface area contributed by atoms with Gasteiger partial charge in [-0.25, -0.2) is 0 Å². The Bertz CT molecular complexity index is 685. The van der Waals surface area contributed by atoms with Crippen LogP contribution in [0.25, 0.3) is 11.1 Å². The summed E-state index contributed by atoms with van der Waals surface area (Å²) in [5.74, 6) is 0.384. The normalized spacial score (nSPS) is 17.9. The highest BCUT2D eigenvalue weighted by atomic mass is 35.5. The van der Waals surface area contributed by atoms with Crippen LogP contribution in [0, 0.1) is 0 Å². The van der Waals surface area contributed by atoms with Gasteiger partial charge in [0.15, 0.2) is 0 Å². The van der Waals surface area contributed by atoms with E-state index in [1.165, 1.54) is 48.9 Å². The topological polar surface area (TPSA) is 23.5 Å². The van der Waals surface area contributed by atoms with Crippen LogP contribution in [-0.2, 0) is 12.8 Å². The lowest BCUT2D eigenvalue weighted by atomic mass is 9.91. The molecule has 3 rings (SSSR count). The maximum absolute atomic E-state index is 10.4. The predicted octanol–water partition coefficient (Wildman–Crippen LogP) is 5.46. The molecule has 0 aliphatic carbocycles. The number of nitrogens with zero attached hydrogens (tertiary/aromatic N) is 1. The molecule has 0 radical (unpaired) electrons. The highest BCUT2D eigenvalue weighted by molar-refractivity contribution is 5.85. The van der Waals surface area contributed by atoms with Crippen molar-refractivity contribution in [3.8, 4) is 16.9 Å². The number of hydrogen-bond donors (Lipinski definition) is 1. The highest BCUT2D eigenvalue weighted by Gasteiger charge is 2.19. The van der Waals surface area contributed by atoms with Crippen LogP contribution in [0.3, 0.4) is 0 Å². The first-order valence-electron chi connectivity index (χ1n) is 9.29. The van der Waals surface area contributed by atoms with Crippen LogP contribution < -0.4 is 0 Å². The van der Waals surface area contributed by atoms with E-state index in [2.05, 4.69) is 49.2 Å². The van der Waals surface area contributed by atoms with E-state index in [4.69, 9.17) is 0 Å². The van der Waals surface area contributed by atoms with E-state index in [1.54, 1.807) is 0 Å². The summed E-state index contributed by atoms with van der Waals surface area (Å²) >= 11 is 0. The molecule has 0 spiro atoms. The molecule has 136 valence electrons. The number of piperidine rings is 1. The van der Waals surface area contributed by atoms with Gasteiger partial charge in [0.05, 0.1) is 0 Å². The number of phenolic OH excluding ortho intramolecular Hbond substituents is 1. The molecule has 1 saturated heterocycles. The van der Waals surface area contributed by atoms with Crippen LogP contribution >= 0.6 is 12.4 Å². The number of rotatable bonds is 5. The van der Waals surface area contributed by atoms with Gasteiger partial charge in [-0.1, -0.05) is 43.7 Å². The summed E-state index contributed by atoms with van der Waals surface area (Å²) in [6.45, 7) is 3.38. The maximum Gasteiger partial charge on any atom is 0.123 e. The van der Waals surface area contributed by atoms with E-state index < -0.39 is 0 Å². The van der Waals surface area contributed by atoms with E-state index in [0.29, 0.717) is 11.8 Å². The molecule has 0 amide bonds. The van der Waals surface area contributed by atoms with Gasteiger partial charge >= 0.3 is 0 Å². The molecular formula is C22H30ClNO. The fourth-order valence-electron chi connectivity index (χ4n) is 3.85. The van der Waals surface area contributed by atoms with Crippen LogP contribution in [-0.4, -0.2) is 29.6 Å². The summed E-state index contributed by atoms with van der Waals surface area (Å²) in [5, 5.41) is 10.4. The van der Waals surface area contributed by atoms with Gasteiger partial charge in [0, 0.05) is 11.6 Å². The van der Waals surface area contributed by atoms with E-state index in [1.807, 2.05) is 12.1 Å². The van der Waals surface area contributed by atoms with Crippen molar-refractivity contribution in [1.82, 2.24) is 4.90 Å². The van der Waals surface area contributed by atoms with Crippen LogP contribution in [0.5, 0.6) is 5.75 Å². The van der Waals surface area contributed by atoms with Crippen LogP contribution in [0.1, 0.15) is 43.7 Å². The first-order chi connectivity index (χ1) is 11.7. The first-order valence-corrected chi connectivity index (χ1v) is 9.29. The Morgan fingerprint density at radius 2 is 1.88 bits per heavy atom. The molecule has 1 unspecified atom stereocenters. The Hall–Kier alpha value is -1.51. The first kappa shape index (κ1) is 19.8. The van der Waals surface area contributed by atoms with Crippen molar-refractivity contribution in [2.75, 3.05) is 13.6 Å². The van der Waals surface area contributed by atoms with Crippen molar-refractivity contribution < 1.29 is 5.11 Å². The fraction of sp³-hybridized carbons (Fsp3) is 0.455. The molecule has 1 aliphatic rings. The quantitative estimate of drug-likeness (QED) is 0.766. The van der Waals surface area contributed by atoms with E-state index >= 15 is 0 Å². The fourth-order valence-corrected chi connectivity index (χ4v) is 3.85. The van der Waals surface area contributed by atoms with Crippen molar-refractivity contribution >= 4 is 12.4 Å². The molecule has 1 fully saturated rings. The number of phenols is 1. The molecule has 3 heteroatoms. The zero-order chi connectivity index (χ0) is 16.9. The van der Waals surface area contributed by atoms with E-state index in [9.17, 15) is 5.11 Å². The average Bonchev–Trinajstić information content (AvgIpc) is 2.62. The summed E-state index contributed by atoms with van der Waals surface area (Å²) in [5.41, 5.74) is 4.77. The molecule has 1 N–H and O–H groups in total. The Morgan fingerprint density at radius 3 is 2.64 bits per heavy atom. The molecular weight excluding hydrogens is 330 g/mol. The average molecular weight is 360 g/mol. The molecule has 25 heavy (non-hydrogen) atoms. The molecule has 0 aromatic heterocycles. The smallest absolute Gasteiger partial charge is 0.123 e. The third-order valence-electron chi connectivity index (χ3n) is 5.45. The number of likely N-dealkylation sites (tertiary alicyclic amines) is 1. The second-order valence-corrected chi connectivity index (χ2v) is 7.03. The second-order valence-electron chi connectivity index (χ2n) is 7.03. The molecule has 2 aromatic rings. The number of aromatic hydroxyl groups is 1. The Labute approximate surface area is 158 Å². The third kappa shape index (κ3) is 4.77. The zero-order valence-electron chi connectivity index (χ0n) is 15.4. The van der Waals surface area contributed by atoms with Gasteiger partial charge in [0.2, 0.25) is 0 Å². The maximum atomic E-state index is 10.4. The lowest BCUT2D eigenvalue weighted by Gasteiger charge is -2.32. The largest absolute Gasteiger partial charge is 0.507 e. The van der Waals surface area contributed by atoms with Crippen molar-refractivity contribution in [3.63, 3.8) is 0 Å². The summed E-state index contributed by atoms with van der Waals surface area (Å²) in [7, 11) is 2.26. The summed E-state index contributed by atoms with van der Waals surface area (Å²) in [6.07, 6.45) is 7.26. The number of halogens is 1. The van der Waals surface area contributed by atoms with Gasteiger partial charge in [-0.05, 0) is 74.5 Å². The monoisotopic (exact) mass is 359 g/mol. The minimum Gasteiger partial charge on any atom is -0.507 e. The standard InChI is InChI=1S/C22H29NO.ClH/c1-3-17-11-14-22(24)21(16-17)20-10-5-4-8-18(20)12-13-19-9-6-7-15-23(19)2;/h4-5,8,10-11,14,16,19,24H,3,6-7,9,12-13,15H2,1-2H3;1H. The molecule has 0 bridgehead atoms. The summed E-state index contributed by atoms with van der Waals surface area (Å²) in [6, 6.07) is 15.2. The van der Waals surface area contributed by atoms with Gasteiger partial charge in [0.1, 0.15) is 5.75 Å². The number of benzene rings is 2. The summed E-state index contributed by atoms with van der Waals surface area (Å²) < 4.78 is 0. The van der Waals surface area contributed by atoms with Crippen molar-refractivity contribution in [2.24, 2.45) is 0 Å². The molecule has 2 nitrogen and oxygen atoms in total. The number of aryl methyl sites for hydroxylation is 2. The summed E-state index contributed by atoms with van der Waals surface area (Å²) in [4.78, 5) is 2.52. The molecule has 1 atom stereocenters. The molecule has 2 aromatic carbocycles. The van der Waals surface area contributed by atoms with Crippen LogP contribution in [0.4, 0.5) is 0 Å². The Kier molecular flexibility index (Phi) is 7.34. The number of hydrogen-bond acceptors (Lipinski definition) is 2. The highest BCUT2D eigenvalue weighted by Crippen LogP contribution is 2.33. The minimum atomic E-state index is 0. The Morgan fingerprint density at radius 1 is 1.08 bits per heavy atom. The van der Waals surface area contributed by atoms with E-state index in [0.717, 1.165) is 18.4 Å². The minimum absolute atomic E-state index is 0. The van der Waals surface area contributed by atoms with Gasteiger partial charge < -0.3 is 10.0 Å². The van der Waals surface area contributed by atoms with E-state index in [-0.39, 0.29) is 12.4 Å². The lowest BCUT2D eigenvalue weighted by molar-refractivity contribution is 0.176. The van der Waals surface area contributed by atoms with Gasteiger partial charge in [0.25, 0.3) is 0 Å². The van der Waals surface area contributed by atoms with Gasteiger partial charge in [-0.15, -0.1) is 12.4 Å². The van der Waals surface area contributed by atoms with Crippen molar-refractivity contribution in [2.45, 2.75) is 51.5 Å². The van der Waals surface area contributed by atoms with Gasteiger partial charge in [-0.3, -0.25) is 0 Å². The molecule has 1 heterocycles. The SMILES string of the molecule is CCc1ccc(O)c(-c2ccccc2CCC2CCCCN2C)c1.Cl. The molecule has 1 aliphatic heterocycles.